The van der Waals surface area contributed by atoms with Gasteiger partial charge in [-0.25, -0.2) is 9.59 Å². The van der Waals surface area contributed by atoms with Crippen LogP contribution in [-0.2, 0) is 12.8 Å². The molecule has 0 fully saturated rings. The Balaban J connectivity index is 2.28. The lowest BCUT2D eigenvalue weighted by atomic mass is 9.78. The fraction of sp³-hybridized carbons (Fsp3) is 0.161. The van der Waals surface area contributed by atoms with E-state index in [-0.39, 0.29) is 11.1 Å². The lowest BCUT2D eigenvalue weighted by molar-refractivity contribution is 0.0686. The predicted octanol–water partition coefficient (Wildman–Crippen LogP) is 7.60. The van der Waals surface area contributed by atoms with Crippen molar-refractivity contribution in [3.63, 3.8) is 0 Å². The molecule has 4 nitrogen and oxygen atoms in total. The zero-order chi connectivity index (χ0) is 24.9. The Morgan fingerprint density at radius 2 is 1.14 bits per heavy atom. The summed E-state index contributed by atoms with van der Waals surface area (Å²) < 4.78 is 0. The fourth-order valence-corrected chi connectivity index (χ4v) is 4.83. The van der Waals surface area contributed by atoms with Crippen molar-refractivity contribution < 1.29 is 19.8 Å². The fourth-order valence-electron chi connectivity index (χ4n) is 4.83. The number of carbonyl (C=O) groups is 2. The van der Waals surface area contributed by atoms with E-state index in [9.17, 15) is 19.8 Å². The van der Waals surface area contributed by atoms with Crippen LogP contribution in [0.3, 0.4) is 0 Å². The first kappa shape index (κ1) is 24.0. The van der Waals surface area contributed by atoms with Gasteiger partial charge in [0.2, 0.25) is 0 Å². The number of aromatic carboxylic acids is 2. The second-order valence-corrected chi connectivity index (χ2v) is 8.49. The summed E-state index contributed by atoms with van der Waals surface area (Å²) in [5, 5.41) is 20.1. The van der Waals surface area contributed by atoms with Crippen LogP contribution in [0.2, 0.25) is 0 Å². The highest BCUT2D eigenvalue weighted by atomic mass is 16.4. The second kappa shape index (κ2) is 10.4. The molecule has 4 rings (SSSR count). The van der Waals surface area contributed by atoms with Crippen molar-refractivity contribution in [2.75, 3.05) is 0 Å². The van der Waals surface area contributed by atoms with Crippen LogP contribution in [0.1, 0.15) is 52.1 Å². The van der Waals surface area contributed by atoms with Crippen molar-refractivity contribution in [2.24, 2.45) is 0 Å². The molecule has 0 aromatic heterocycles. The van der Waals surface area contributed by atoms with Gasteiger partial charge in [0, 0.05) is 0 Å². The SMILES string of the molecule is CCCc1cc(CC)c(-c2ccccc2C(=O)O)c(-c2ccccc2C(=O)O)c1-c1ccccc1. The third kappa shape index (κ3) is 4.60. The minimum Gasteiger partial charge on any atom is -0.478 e. The molecule has 0 aliphatic rings. The van der Waals surface area contributed by atoms with Crippen LogP contribution < -0.4 is 0 Å². The Morgan fingerprint density at radius 1 is 0.629 bits per heavy atom. The van der Waals surface area contributed by atoms with Gasteiger partial charge in [-0.1, -0.05) is 93.1 Å². The Labute approximate surface area is 205 Å². The average molecular weight is 465 g/mol. The first-order valence-corrected chi connectivity index (χ1v) is 11.9. The van der Waals surface area contributed by atoms with Crippen LogP contribution in [0.5, 0.6) is 0 Å². The van der Waals surface area contributed by atoms with E-state index < -0.39 is 11.9 Å². The van der Waals surface area contributed by atoms with Crippen molar-refractivity contribution in [1.29, 1.82) is 0 Å². The summed E-state index contributed by atoms with van der Waals surface area (Å²) in [6, 6.07) is 26.1. The molecule has 2 N–H and O–H groups in total. The zero-order valence-corrected chi connectivity index (χ0v) is 19.9. The van der Waals surface area contributed by atoms with E-state index in [0.717, 1.165) is 46.2 Å². The van der Waals surface area contributed by atoms with Gasteiger partial charge in [0.25, 0.3) is 0 Å². The van der Waals surface area contributed by atoms with Crippen LogP contribution >= 0.6 is 0 Å². The highest BCUT2D eigenvalue weighted by Crippen LogP contribution is 2.46. The molecule has 0 atom stereocenters. The Morgan fingerprint density at radius 3 is 1.66 bits per heavy atom. The Bertz CT molecular complexity index is 1390. The quantitative estimate of drug-likeness (QED) is 0.282. The van der Waals surface area contributed by atoms with Crippen LogP contribution in [0.25, 0.3) is 33.4 Å². The first-order valence-electron chi connectivity index (χ1n) is 11.9. The zero-order valence-electron chi connectivity index (χ0n) is 19.9. The van der Waals surface area contributed by atoms with Crippen LogP contribution in [0.4, 0.5) is 0 Å². The summed E-state index contributed by atoms with van der Waals surface area (Å²) in [6.45, 7) is 4.17. The summed E-state index contributed by atoms with van der Waals surface area (Å²) in [4.78, 5) is 24.6. The van der Waals surface area contributed by atoms with Gasteiger partial charge in [-0.3, -0.25) is 0 Å². The van der Waals surface area contributed by atoms with Crippen LogP contribution in [0.15, 0.2) is 84.9 Å². The maximum atomic E-state index is 12.3. The van der Waals surface area contributed by atoms with E-state index in [0.29, 0.717) is 17.5 Å². The van der Waals surface area contributed by atoms with Gasteiger partial charge >= 0.3 is 11.9 Å². The average Bonchev–Trinajstić information content (AvgIpc) is 2.88. The highest BCUT2D eigenvalue weighted by molar-refractivity contribution is 6.07. The van der Waals surface area contributed by atoms with E-state index >= 15 is 0 Å². The van der Waals surface area contributed by atoms with Gasteiger partial charge in [0.05, 0.1) is 11.1 Å². The number of carboxylic acids is 2. The van der Waals surface area contributed by atoms with Crippen molar-refractivity contribution in [3.8, 4) is 33.4 Å². The standard InChI is InChI=1S/C31H28O4/c1-3-12-22-19-20(4-2)28(23-15-8-10-17-25(23)30(32)33)29(27(22)21-13-6-5-7-14-21)24-16-9-11-18-26(24)31(34)35/h5-11,13-19H,3-4,12H2,1-2H3,(H,32,33)(H,34,35). The molecule has 4 aromatic carbocycles. The molecule has 0 aliphatic carbocycles. The van der Waals surface area contributed by atoms with Gasteiger partial charge in [0.15, 0.2) is 0 Å². The summed E-state index contributed by atoms with van der Waals surface area (Å²) in [5.41, 5.74) is 7.15. The van der Waals surface area contributed by atoms with Gasteiger partial charge in [0.1, 0.15) is 0 Å². The second-order valence-electron chi connectivity index (χ2n) is 8.49. The first-order chi connectivity index (χ1) is 17.0. The summed E-state index contributed by atoms with van der Waals surface area (Å²) in [5.74, 6) is -2.03. The lowest BCUT2D eigenvalue weighted by Gasteiger charge is -2.25. The minimum atomic E-state index is -1.02. The molecule has 35 heavy (non-hydrogen) atoms. The van der Waals surface area contributed by atoms with Crippen molar-refractivity contribution in [1.82, 2.24) is 0 Å². The van der Waals surface area contributed by atoms with Crippen molar-refractivity contribution in [2.45, 2.75) is 33.1 Å². The number of benzene rings is 4. The monoisotopic (exact) mass is 464 g/mol. The molecular weight excluding hydrogens is 436 g/mol. The normalized spacial score (nSPS) is 10.8. The molecule has 0 unspecified atom stereocenters. The molecule has 0 radical (unpaired) electrons. The number of hydrogen-bond acceptors (Lipinski definition) is 2. The molecule has 4 aromatic rings. The Kier molecular flexibility index (Phi) is 7.11. The third-order valence-electron chi connectivity index (χ3n) is 6.31. The maximum absolute atomic E-state index is 12.3. The summed E-state index contributed by atoms with van der Waals surface area (Å²) in [6.07, 6.45) is 2.42. The molecule has 4 heteroatoms. The molecule has 0 spiro atoms. The van der Waals surface area contributed by atoms with E-state index in [2.05, 4.69) is 13.0 Å². The van der Waals surface area contributed by atoms with Gasteiger partial charge in [-0.15, -0.1) is 0 Å². The van der Waals surface area contributed by atoms with Crippen LogP contribution in [-0.4, -0.2) is 22.2 Å². The summed E-state index contributed by atoms with van der Waals surface area (Å²) in [7, 11) is 0. The number of aryl methyl sites for hydroxylation is 2. The molecule has 0 bridgehead atoms. The molecule has 0 heterocycles. The third-order valence-corrected chi connectivity index (χ3v) is 6.31. The maximum Gasteiger partial charge on any atom is 0.336 e. The molecule has 176 valence electrons. The molecule has 0 aliphatic heterocycles. The van der Waals surface area contributed by atoms with E-state index in [1.807, 2.05) is 61.5 Å². The largest absolute Gasteiger partial charge is 0.478 e. The molecular formula is C31H28O4. The number of carboxylic acid groups (broad SMARTS) is 2. The minimum absolute atomic E-state index is 0.189. The summed E-state index contributed by atoms with van der Waals surface area (Å²) >= 11 is 0. The van der Waals surface area contributed by atoms with Crippen molar-refractivity contribution >= 4 is 11.9 Å². The Hall–Kier alpha value is -4.18. The smallest absolute Gasteiger partial charge is 0.336 e. The molecule has 0 saturated heterocycles. The van der Waals surface area contributed by atoms with Crippen LogP contribution in [0, 0.1) is 0 Å². The topological polar surface area (TPSA) is 74.6 Å². The predicted molar refractivity (Wildman–Crippen MR) is 140 cm³/mol. The number of hydrogen-bond donors (Lipinski definition) is 2. The van der Waals surface area contributed by atoms with Crippen molar-refractivity contribution in [3.05, 3.63) is 107 Å². The van der Waals surface area contributed by atoms with E-state index in [1.165, 1.54) is 0 Å². The van der Waals surface area contributed by atoms with Gasteiger partial charge in [-0.05, 0) is 69.5 Å². The van der Waals surface area contributed by atoms with E-state index in [1.54, 1.807) is 24.3 Å². The van der Waals surface area contributed by atoms with Gasteiger partial charge in [-0.2, -0.15) is 0 Å². The number of rotatable bonds is 8. The molecule has 0 saturated carbocycles. The highest BCUT2D eigenvalue weighted by Gasteiger charge is 2.26. The molecule has 0 amide bonds. The lowest BCUT2D eigenvalue weighted by Crippen LogP contribution is -2.07. The van der Waals surface area contributed by atoms with E-state index in [4.69, 9.17) is 0 Å². The van der Waals surface area contributed by atoms with Gasteiger partial charge < -0.3 is 10.2 Å².